The first-order chi connectivity index (χ1) is 14.0. The van der Waals surface area contributed by atoms with Crippen molar-refractivity contribution in [3.63, 3.8) is 0 Å². The van der Waals surface area contributed by atoms with Crippen LogP contribution in [0.25, 0.3) is 6.08 Å². The van der Waals surface area contributed by atoms with E-state index in [1.165, 1.54) is 6.26 Å². The zero-order valence-electron chi connectivity index (χ0n) is 15.6. The molecule has 148 valence electrons. The molecule has 0 saturated carbocycles. The van der Waals surface area contributed by atoms with E-state index in [9.17, 15) is 9.59 Å². The van der Waals surface area contributed by atoms with Crippen molar-refractivity contribution >= 4 is 33.8 Å². The summed E-state index contributed by atoms with van der Waals surface area (Å²) >= 11 is 3.38. The minimum Gasteiger partial charge on any atom is -0.497 e. The largest absolute Gasteiger partial charge is 0.497 e. The van der Waals surface area contributed by atoms with Gasteiger partial charge in [0.1, 0.15) is 17.2 Å². The highest BCUT2D eigenvalue weighted by Gasteiger charge is 2.15. The van der Waals surface area contributed by atoms with Crippen molar-refractivity contribution in [1.82, 2.24) is 10.6 Å². The molecular weight excluding hydrogens is 436 g/mol. The number of methoxy groups -OCH3 is 1. The maximum Gasteiger partial charge on any atom is 0.268 e. The number of hydrogen-bond acceptors (Lipinski definition) is 4. The molecule has 2 N–H and O–H groups in total. The van der Waals surface area contributed by atoms with Crippen molar-refractivity contribution in [3.8, 4) is 5.75 Å². The molecule has 0 aliphatic rings. The highest BCUT2D eigenvalue weighted by Crippen LogP contribution is 2.14. The molecule has 0 spiro atoms. The second-order valence-corrected chi connectivity index (χ2v) is 6.97. The molecular formula is C22H19BrN2O4. The molecule has 29 heavy (non-hydrogen) atoms. The van der Waals surface area contributed by atoms with Crippen molar-refractivity contribution < 1.29 is 18.7 Å². The summed E-state index contributed by atoms with van der Waals surface area (Å²) in [6.07, 6.45) is 3.15. The van der Waals surface area contributed by atoms with Crippen LogP contribution in [0.1, 0.15) is 21.7 Å². The van der Waals surface area contributed by atoms with Crippen molar-refractivity contribution in [2.75, 3.05) is 7.11 Å². The molecule has 7 heteroatoms. The van der Waals surface area contributed by atoms with Gasteiger partial charge in [-0.2, -0.15) is 0 Å². The fourth-order valence-electron chi connectivity index (χ4n) is 2.50. The number of nitrogens with one attached hydrogen (secondary N) is 2. The SMILES string of the molecule is COc1ccc(C(=O)N/C(=C/c2ccc(Br)cc2)C(=O)NCc2ccco2)cc1. The van der Waals surface area contributed by atoms with Gasteiger partial charge in [-0.3, -0.25) is 9.59 Å². The van der Waals surface area contributed by atoms with E-state index in [2.05, 4.69) is 26.6 Å². The minimum atomic E-state index is -0.425. The monoisotopic (exact) mass is 454 g/mol. The lowest BCUT2D eigenvalue weighted by molar-refractivity contribution is -0.118. The normalized spacial score (nSPS) is 11.0. The number of benzene rings is 2. The number of carbonyl (C=O) groups excluding carboxylic acids is 2. The lowest BCUT2D eigenvalue weighted by Gasteiger charge is -2.11. The Balaban J connectivity index is 1.79. The summed E-state index contributed by atoms with van der Waals surface area (Å²) in [6, 6.07) is 17.5. The maximum atomic E-state index is 12.7. The van der Waals surface area contributed by atoms with Gasteiger partial charge in [0.2, 0.25) is 0 Å². The van der Waals surface area contributed by atoms with Gasteiger partial charge >= 0.3 is 0 Å². The van der Waals surface area contributed by atoms with Gasteiger partial charge in [0, 0.05) is 10.0 Å². The van der Waals surface area contributed by atoms with Crippen LogP contribution in [-0.4, -0.2) is 18.9 Å². The van der Waals surface area contributed by atoms with Gasteiger partial charge in [0.15, 0.2) is 0 Å². The third kappa shape index (κ3) is 5.83. The Morgan fingerprint density at radius 1 is 1.07 bits per heavy atom. The Morgan fingerprint density at radius 3 is 2.41 bits per heavy atom. The lowest BCUT2D eigenvalue weighted by Crippen LogP contribution is -2.34. The number of halogens is 1. The summed E-state index contributed by atoms with van der Waals surface area (Å²) in [5.74, 6) is 0.432. The van der Waals surface area contributed by atoms with Crippen LogP contribution in [0.2, 0.25) is 0 Å². The summed E-state index contributed by atoms with van der Waals surface area (Å²) in [6.45, 7) is 0.210. The first kappa shape index (κ1) is 20.4. The molecule has 0 fully saturated rings. The summed E-state index contributed by atoms with van der Waals surface area (Å²) in [7, 11) is 1.55. The Bertz CT molecular complexity index is 994. The number of ether oxygens (including phenoxy) is 1. The third-order valence-electron chi connectivity index (χ3n) is 4.03. The first-order valence-electron chi connectivity index (χ1n) is 8.78. The third-order valence-corrected chi connectivity index (χ3v) is 4.56. The second-order valence-electron chi connectivity index (χ2n) is 6.05. The van der Waals surface area contributed by atoms with Gasteiger partial charge in [-0.15, -0.1) is 0 Å². The quantitative estimate of drug-likeness (QED) is 0.525. The molecule has 2 amide bonds. The fraction of sp³-hybridized carbons (Fsp3) is 0.0909. The molecule has 0 unspecified atom stereocenters. The molecule has 0 bridgehead atoms. The van der Waals surface area contributed by atoms with Gasteiger partial charge in [0.25, 0.3) is 11.8 Å². The van der Waals surface area contributed by atoms with E-state index in [0.29, 0.717) is 17.1 Å². The standard InChI is InChI=1S/C22H19BrN2O4/c1-28-18-10-6-16(7-11-18)21(26)25-20(13-15-4-8-17(23)9-5-15)22(27)24-14-19-3-2-12-29-19/h2-13H,14H2,1H3,(H,24,27)(H,25,26)/b20-13+. The van der Waals surface area contributed by atoms with E-state index in [4.69, 9.17) is 9.15 Å². The predicted molar refractivity (Wildman–Crippen MR) is 113 cm³/mol. The maximum absolute atomic E-state index is 12.7. The Labute approximate surface area is 176 Å². The van der Waals surface area contributed by atoms with Crippen molar-refractivity contribution in [1.29, 1.82) is 0 Å². The molecule has 0 radical (unpaired) electrons. The van der Waals surface area contributed by atoms with E-state index in [1.54, 1.807) is 49.6 Å². The Kier molecular flexibility index (Phi) is 6.86. The van der Waals surface area contributed by atoms with Crippen LogP contribution in [0.15, 0.2) is 81.5 Å². The molecule has 0 aliphatic carbocycles. The zero-order valence-corrected chi connectivity index (χ0v) is 17.2. The Hall–Kier alpha value is -3.32. The smallest absolute Gasteiger partial charge is 0.268 e. The topological polar surface area (TPSA) is 80.6 Å². The van der Waals surface area contributed by atoms with Crippen LogP contribution >= 0.6 is 15.9 Å². The van der Waals surface area contributed by atoms with E-state index in [1.807, 2.05) is 24.3 Å². The van der Waals surface area contributed by atoms with E-state index in [0.717, 1.165) is 10.0 Å². The number of amides is 2. The first-order valence-corrected chi connectivity index (χ1v) is 9.57. The van der Waals surface area contributed by atoms with Crippen molar-refractivity contribution in [3.05, 3.63) is 94.0 Å². The molecule has 0 aliphatic heterocycles. The predicted octanol–water partition coefficient (Wildman–Crippen LogP) is 4.14. The molecule has 3 rings (SSSR count). The van der Waals surface area contributed by atoms with E-state index < -0.39 is 11.8 Å². The van der Waals surface area contributed by atoms with Crippen LogP contribution in [0.5, 0.6) is 5.75 Å². The van der Waals surface area contributed by atoms with Gasteiger partial charge < -0.3 is 19.8 Å². The summed E-state index contributed by atoms with van der Waals surface area (Å²) in [4.78, 5) is 25.3. The van der Waals surface area contributed by atoms with E-state index in [-0.39, 0.29) is 12.2 Å². The second kappa shape index (κ2) is 9.75. The number of hydrogen-bond donors (Lipinski definition) is 2. The molecule has 0 saturated heterocycles. The Morgan fingerprint density at radius 2 is 1.79 bits per heavy atom. The van der Waals surface area contributed by atoms with Crippen LogP contribution in [0.3, 0.4) is 0 Å². The highest BCUT2D eigenvalue weighted by molar-refractivity contribution is 9.10. The number of rotatable bonds is 7. The van der Waals surface area contributed by atoms with Crippen LogP contribution < -0.4 is 15.4 Å². The van der Waals surface area contributed by atoms with E-state index >= 15 is 0 Å². The number of furan rings is 1. The highest BCUT2D eigenvalue weighted by atomic mass is 79.9. The van der Waals surface area contributed by atoms with Crippen molar-refractivity contribution in [2.45, 2.75) is 6.54 Å². The van der Waals surface area contributed by atoms with Crippen LogP contribution in [-0.2, 0) is 11.3 Å². The average molecular weight is 455 g/mol. The van der Waals surface area contributed by atoms with Gasteiger partial charge in [-0.25, -0.2) is 0 Å². The molecule has 1 aromatic heterocycles. The zero-order chi connectivity index (χ0) is 20.6. The molecule has 3 aromatic rings. The van der Waals surface area contributed by atoms with Gasteiger partial charge in [0.05, 0.1) is 19.9 Å². The lowest BCUT2D eigenvalue weighted by atomic mass is 10.1. The summed E-state index contributed by atoms with van der Waals surface area (Å²) in [5, 5.41) is 5.44. The van der Waals surface area contributed by atoms with Crippen LogP contribution in [0.4, 0.5) is 0 Å². The van der Waals surface area contributed by atoms with Crippen molar-refractivity contribution in [2.24, 2.45) is 0 Å². The minimum absolute atomic E-state index is 0.125. The summed E-state index contributed by atoms with van der Waals surface area (Å²) in [5.41, 5.74) is 1.30. The summed E-state index contributed by atoms with van der Waals surface area (Å²) < 4.78 is 11.3. The van der Waals surface area contributed by atoms with Gasteiger partial charge in [-0.1, -0.05) is 28.1 Å². The molecule has 1 heterocycles. The molecule has 6 nitrogen and oxygen atoms in total. The van der Waals surface area contributed by atoms with Gasteiger partial charge in [-0.05, 0) is 60.2 Å². The fourth-order valence-corrected chi connectivity index (χ4v) is 2.76. The average Bonchev–Trinajstić information content (AvgIpc) is 3.26. The molecule has 0 atom stereocenters. The van der Waals surface area contributed by atoms with Crippen LogP contribution in [0, 0.1) is 0 Å². The molecule has 2 aromatic carbocycles. The number of carbonyl (C=O) groups is 2.